The van der Waals surface area contributed by atoms with Crippen molar-refractivity contribution in [1.29, 1.82) is 0 Å². The van der Waals surface area contributed by atoms with Gasteiger partial charge in [0.05, 0.1) is 12.1 Å². The van der Waals surface area contributed by atoms with E-state index in [1.807, 2.05) is 14.1 Å². The van der Waals surface area contributed by atoms with Crippen LogP contribution in [0, 0.1) is 5.82 Å². The van der Waals surface area contributed by atoms with Crippen molar-refractivity contribution in [2.75, 3.05) is 27.7 Å². The molecule has 0 spiro atoms. The van der Waals surface area contributed by atoms with Gasteiger partial charge in [-0.2, -0.15) is 0 Å². The second-order valence-corrected chi connectivity index (χ2v) is 4.41. The third-order valence-corrected chi connectivity index (χ3v) is 2.61. The van der Waals surface area contributed by atoms with Crippen molar-refractivity contribution in [3.63, 3.8) is 0 Å². The van der Waals surface area contributed by atoms with Crippen molar-refractivity contribution in [1.82, 2.24) is 4.90 Å². The van der Waals surface area contributed by atoms with E-state index in [4.69, 9.17) is 16.3 Å². The molecule has 0 aliphatic rings. The Morgan fingerprint density at radius 2 is 2.06 bits per heavy atom. The van der Waals surface area contributed by atoms with Crippen molar-refractivity contribution >= 4 is 11.6 Å². The van der Waals surface area contributed by atoms with Gasteiger partial charge in [-0.05, 0) is 51.2 Å². The lowest BCUT2D eigenvalue weighted by Gasteiger charge is -2.10. The second kappa shape index (κ2) is 6.06. The Morgan fingerprint density at radius 1 is 1.38 bits per heavy atom. The summed E-state index contributed by atoms with van der Waals surface area (Å²) in [6, 6.07) is 3.25. The van der Waals surface area contributed by atoms with Gasteiger partial charge in [-0.15, -0.1) is 0 Å². The fourth-order valence-electron chi connectivity index (χ4n) is 1.55. The van der Waals surface area contributed by atoms with Gasteiger partial charge in [0, 0.05) is 0 Å². The summed E-state index contributed by atoms with van der Waals surface area (Å²) in [4.78, 5) is 2.10. The molecule has 0 radical (unpaired) electrons. The third-order valence-electron chi connectivity index (χ3n) is 2.33. The molecule has 2 nitrogen and oxygen atoms in total. The van der Waals surface area contributed by atoms with Gasteiger partial charge in [0.15, 0.2) is 11.6 Å². The SMILES string of the molecule is COc1c(F)cc(CCCN(C)C)cc1Cl. The van der Waals surface area contributed by atoms with Gasteiger partial charge in [-0.25, -0.2) is 4.39 Å². The smallest absolute Gasteiger partial charge is 0.173 e. The van der Waals surface area contributed by atoms with E-state index >= 15 is 0 Å². The number of benzene rings is 1. The summed E-state index contributed by atoms with van der Waals surface area (Å²) in [6.07, 6.45) is 1.80. The lowest BCUT2D eigenvalue weighted by atomic mass is 10.1. The summed E-state index contributed by atoms with van der Waals surface area (Å²) in [7, 11) is 5.44. The van der Waals surface area contributed by atoms with Gasteiger partial charge in [0.25, 0.3) is 0 Å². The zero-order valence-electron chi connectivity index (χ0n) is 9.89. The molecular weight excluding hydrogens is 229 g/mol. The number of aryl methyl sites for hydroxylation is 1. The van der Waals surface area contributed by atoms with Crippen LogP contribution in [-0.2, 0) is 6.42 Å². The molecule has 0 amide bonds. The third kappa shape index (κ3) is 3.65. The topological polar surface area (TPSA) is 12.5 Å². The highest BCUT2D eigenvalue weighted by molar-refractivity contribution is 6.32. The van der Waals surface area contributed by atoms with Gasteiger partial charge in [-0.1, -0.05) is 11.6 Å². The Balaban J connectivity index is 2.68. The van der Waals surface area contributed by atoms with Crippen molar-refractivity contribution in [2.24, 2.45) is 0 Å². The van der Waals surface area contributed by atoms with E-state index in [9.17, 15) is 4.39 Å². The van der Waals surface area contributed by atoms with E-state index in [0.717, 1.165) is 24.9 Å². The Hall–Kier alpha value is -0.800. The summed E-state index contributed by atoms with van der Waals surface area (Å²) in [6.45, 7) is 0.977. The normalized spacial score (nSPS) is 10.9. The van der Waals surface area contributed by atoms with Crippen LogP contribution in [0.3, 0.4) is 0 Å². The highest BCUT2D eigenvalue weighted by Gasteiger charge is 2.09. The Bertz CT molecular complexity index is 332. The van der Waals surface area contributed by atoms with Crippen LogP contribution in [0.4, 0.5) is 4.39 Å². The first kappa shape index (κ1) is 13.3. The zero-order valence-corrected chi connectivity index (χ0v) is 10.6. The summed E-state index contributed by atoms with van der Waals surface area (Å²) in [5, 5.41) is 0.336. The minimum Gasteiger partial charge on any atom is -0.492 e. The molecule has 0 saturated heterocycles. The standard InChI is InChI=1S/C12H17ClFNO/c1-15(2)6-4-5-9-7-10(13)12(16-3)11(14)8-9/h7-8H,4-6H2,1-3H3. The van der Waals surface area contributed by atoms with E-state index in [1.165, 1.54) is 13.2 Å². The van der Waals surface area contributed by atoms with Crippen LogP contribution in [0.1, 0.15) is 12.0 Å². The molecule has 0 aromatic heterocycles. The molecule has 0 saturated carbocycles. The molecule has 1 rings (SSSR count). The van der Waals surface area contributed by atoms with Gasteiger partial charge in [-0.3, -0.25) is 0 Å². The molecule has 16 heavy (non-hydrogen) atoms. The molecule has 0 fully saturated rings. The number of rotatable bonds is 5. The molecule has 4 heteroatoms. The highest BCUT2D eigenvalue weighted by atomic mass is 35.5. The minimum atomic E-state index is -0.394. The average molecular weight is 246 g/mol. The molecule has 1 aromatic rings. The van der Waals surface area contributed by atoms with Gasteiger partial charge < -0.3 is 9.64 Å². The molecule has 0 heterocycles. The maximum atomic E-state index is 13.5. The quantitative estimate of drug-likeness (QED) is 0.791. The predicted molar refractivity (Wildman–Crippen MR) is 64.8 cm³/mol. The van der Waals surface area contributed by atoms with Gasteiger partial charge >= 0.3 is 0 Å². The van der Waals surface area contributed by atoms with Crippen LogP contribution in [-0.4, -0.2) is 32.6 Å². The number of ether oxygens (including phenoxy) is 1. The average Bonchev–Trinajstić information content (AvgIpc) is 2.16. The molecule has 0 atom stereocenters. The molecule has 0 unspecified atom stereocenters. The van der Waals surface area contributed by atoms with Crippen LogP contribution < -0.4 is 4.74 Å². The molecular formula is C12H17ClFNO. The monoisotopic (exact) mass is 245 g/mol. The lowest BCUT2D eigenvalue weighted by molar-refractivity contribution is 0.385. The molecule has 0 aliphatic carbocycles. The van der Waals surface area contributed by atoms with Crippen molar-refractivity contribution in [2.45, 2.75) is 12.8 Å². The number of hydrogen-bond donors (Lipinski definition) is 0. The van der Waals surface area contributed by atoms with Crippen molar-refractivity contribution < 1.29 is 9.13 Å². The van der Waals surface area contributed by atoms with Crippen LogP contribution in [0.25, 0.3) is 0 Å². The van der Waals surface area contributed by atoms with Crippen molar-refractivity contribution in [3.05, 3.63) is 28.5 Å². The largest absolute Gasteiger partial charge is 0.492 e. The number of methoxy groups -OCH3 is 1. The minimum absolute atomic E-state index is 0.123. The Labute approximate surface area is 101 Å². The van der Waals surface area contributed by atoms with Crippen LogP contribution >= 0.6 is 11.6 Å². The highest BCUT2D eigenvalue weighted by Crippen LogP contribution is 2.29. The number of hydrogen-bond acceptors (Lipinski definition) is 2. The zero-order chi connectivity index (χ0) is 12.1. The van der Waals surface area contributed by atoms with E-state index in [2.05, 4.69) is 4.90 Å². The van der Waals surface area contributed by atoms with Crippen LogP contribution in [0.5, 0.6) is 5.75 Å². The first-order chi connectivity index (χ1) is 7.54. The maximum Gasteiger partial charge on any atom is 0.173 e. The predicted octanol–water partition coefficient (Wildman–Crippen LogP) is 2.98. The number of nitrogens with zero attached hydrogens (tertiary/aromatic N) is 1. The van der Waals surface area contributed by atoms with E-state index < -0.39 is 5.82 Å². The fraction of sp³-hybridized carbons (Fsp3) is 0.500. The summed E-state index contributed by atoms with van der Waals surface area (Å²) in [5.41, 5.74) is 0.908. The summed E-state index contributed by atoms with van der Waals surface area (Å²) < 4.78 is 18.3. The Kier molecular flexibility index (Phi) is 5.03. The second-order valence-electron chi connectivity index (χ2n) is 4.00. The molecule has 0 bridgehead atoms. The van der Waals surface area contributed by atoms with Crippen molar-refractivity contribution in [3.8, 4) is 5.75 Å². The maximum absolute atomic E-state index is 13.5. The van der Waals surface area contributed by atoms with E-state index in [-0.39, 0.29) is 5.75 Å². The van der Waals surface area contributed by atoms with Gasteiger partial charge in [0.1, 0.15) is 0 Å². The van der Waals surface area contributed by atoms with Gasteiger partial charge in [0.2, 0.25) is 0 Å². The summed E-state index contributed by atoms with van der Waals surface area (Å²) in [5.74, 6) is -0.270. The first-order valence-corrected chi connectivity index (χ1v) is 5.59. The van der Waals surface area contributed by atoms with E-state index in [0.29, 0.717) is 5.02 Å². The van der Waals surface area contributed by atoms with E-state index in [1.54, 1.807) is 6.07 Å². The molecule has 0 N–H and O–H groups in total. The molecule has 0 aliphatic heterocycles. The van der Waals surface area contributed by atoms with Crippen LogP contribution in [0.15, 0.2) is 12.1 Å². The molecule has 1 aromatic carbocycles. The van der Waals surface area contributed by atoms with Crippen LogP contribution in [0.2, 0.25) is 5.02 Å². The first-order valence-electron chi connectivity index (χ1n) is 5.21. The fourth-order valence-corrected chi connectivity index (χ4v) is 1.86. The number of halogens is 2. The Morgan fingerprint density at radius 3 is 2.56 bits per heavy atom. The molecule has 90 valence electrons. The lowest BCUT2D eigenvalue weighted by Crippen LogP contribution is -2.13. The summed E-state index contributed by atoms with van der Waals surface area (Å²) >= 11 is 5.90.